The summed E-state index contributed by atoms with van der Waals surface area (Å²) in [7, 11) is 0. The van der Waals surface area contributed by atoms with Gasteiger partial charge in [-0.3, -0.25) is 0 Å². The van der Waals surface area contributed by atoms with Gasteiger partial charge in [0.15, 0.2) is 0 Å². The van der Waals surface area contributed by atoms with E-state index in [1.165, 1.54) is 19.3 Å². The topological polar surface area (TPSA) is 0 Å². The van der Waals surface area contributed by atoms with Crippen LogP contribution in [0.15, 0.2) is 0 Å². The zero-order valence-electron chi connectivity index (χ0n) is 5.78. The molecule has 2 saturated carbocycles. The van der Waals surface area contributed by atoms with Gasteiger partial charge in [-0.15, -0.1) is 0 Å². The maximum atomic E-state index is 2.41. The van der Waals surface area contributed by atoms with Crippen LogP contribution in [0.3, 0.4) is 0 Å². The molecule has 2 unspecified atom stereocenters. The van der Waals surface area contributed by atoms with Crippen LogP contribution >= 0.6 is 0 Å². The molecular formula is C8H14. The van der Waals surface area contributed by atoms with Crippen LogP contribution in [0.4, 0.5) is 0 Å². The molecule has 2 rings (SSSR count). The lowest BCUT2D eigenvalue weighted by Gasteiger charge is -2.26. The summed E-state index contributed by atoms with van der Waals surface area (Å²) >= 11 is 0. The fourth-order valence-corrected chi connectivity index (χ4v) is 2.44. The van der Waals surface area contributed by atoms with Crippen LogP contribution < -0.4 is 0 Å². The third-order valence-corrected chi connectivity index (χ3v) is 3.74. The zero-order valence-corrected chi connectivity index (χ0v) is 5.78. The summed E-state index contributed by atoms with van der Waals surface area (Å²) < 4.78 is 0. The van der Waals surface area contributed by atoms with Crippen molar-refractivity contribution in [2.45, 2.75) is 33.1 Å². The first kappa shape index (κ1) is 4.84. The molecule has 0 aromatic carbocycles. The fraction of sp³-hybridized carbons (Fsp3) is 1.00. The molecule has 1 spiro atoms. The van der Waals surface area contributed by atoms with Crippen molar-refractivity contribution in [1.82, 2.24) is 0 Å². The largest absolute Gasteiger partial charge is 0.0617 e. The summed E-state index contributed by atoms with van der Waals surface area (Å²) in [5.41, 5.74) is 0.889. The van der Waals surface area contributed by atoms with E-state index in [9.17, 15) is 0 Å². The van der Waals surface area contributed by atoms with Crippen LogP contribution in [-0.4, -0.2) is 0 Å². The summed E-state index contributed by atoms with van der Waals surface area (Å²) in [6, 6.07) is 0. The van der Waals surface area contributed by atoms with E-state index in [-0.39, 0.29) is 0 Å². The lowest BCUT2D eigenvalue weighted by molar-refractivity contribution is 0.247. The van der Waals surface area contributed by atoms with Crippen LogP contribution in [0.25, 0.3) is 0 Å². The molecule has 0 radical (unpaired) electrons. The molecule has 2 atom stereocenters. The molecule has 0 heterocycles. The van der Waals surface area contributed by atoms with Crippen molar-refractivity contribution >= 4 is 0 Å². The lowest BCUT2D eigenvalue weighted by atomic mass is 9.79. The second-order valence-corrected chi connectivity index (χ2v) is 3.66. The molecule has 0 aromatic heterocycles. The number of hydrogen-bond donors (Lipinski definition) is 0. The van der Waals surface area contributed by atoms with E-state index in [1.54, 1.807) is 0 Å². The van der Waals surface area contributed by atoms with Gasteiger partial charge in [-0.2, -0.15) is 0 Å². The molecule has 46 valence electrons. The first-order valence-electron chi connectivity index (χ1n) is 3.77. The molecule has 0 heteroatoms. The Morgan fingerprint density at radius 3 is 1.62 bits per heavy atom. The summed E-state index contributed by atoms with van der Waals surface area (Å²) in [4.78, 5) is 0. The van der Waals surface area contributed by atoms with Crippen molar-refractivity contribution in [3.05, 3.63) is 0 Å². The monoisotopic (exact) mass is 110 g/mol. The summed E-state index contributed by atoms with van der Waals surface area (Å²) in [6.07, 6.45) is 4.58. The van der Waals surface area contributed by atoms with E-state index in [4.69, 9.17) is 0 Å². The molecular weight excluding hydrogens is 96.1 g/mol. The van der Waals surface area contributed by atoms with E-state index in [2.05, 4.69) is 13.8 Å². The van der Waals surface area contributed by atoms with Crippen LogP contribution in [0.5, 0.6) is 0 Å². The Kier molecular flexibility index (Phi) is 0.678. The van der Waals surface area contributed by atoms with E-state index < -0.39 is 0 Å². The van der Waals surface area contributed by atoms with Crippen molar-refractivity contribution < 1.29 is 0 Å². The maximum Gasteiger partial charge on any atom is -0.0241 e. The van der Waals surface area contributed by atoms with Crippen molar-refractivity contribution in [3.63, 3.8) is 0 Å². The van der Waals surface area contributed by atoms with Crippen molar-refractivity contribution in [2.75, 3.05) is 0 Å². The molecule has 0 nitrogen and oxygen atoms in total. The number of hydrogen-bond acceptors (Lipinski definition) is 0. The van der Waals surface area contributed by atoms with Crippen LogP contribution in [0, 0.1) is 17.3 Å². The average Bonchev–Trinajstić information content (AvgIpc) is 2.10. The Morgan fingerprint density at radius 2 is 1.62 bits per heavy atom. The molecule has 8 heavy (non-hydrogen) atoms. The van der Waals surface area contributed by atoms with Gasteiger partial charge < -0.3 is 0 Å². The third-order valence-electron chi connectivity index (χ3n) is 3.74. The molecule has 0 saturated heterocycles. The smallest absolute Gasteiger partial charge is 0.0241 e. The summed E-state index contributed by atoms with van der Waals surface area (Å²) in [6.45, 7) is 4.81. The molecule has 0 N–H and O–H groups in total. The molecule has 2 fully saturated rings. The Morgan fingerprint density at radius 1 is 1.12 bits per heavy atom. The Labute approximate surface area is 51.3 Å². The maximum absolute atomic E-state index is 2.41. The highest BCUT2D eigenvalue weighted by molar-refractivity contribution is 5.10. The average molecular weight is 110 g/mol. The van der Waals surface area contributed by atoms with E-state index >= 15 is 0 Å². The first-order chi connectivity index (χ1) is 3.77. The van der Waals surface area contributed by atoms with Crippen molar-refractivity contribution in [3.8, 4) is 0 Å². The van der Waals surface area contributed by atoms with E-state index in [1.807, 2.05) is 0 Å². The number of rotatable bonds is 0. The highest BCUT2D eigenvalue weighted by Gasteiger charge is 2.61. The third kappa shape index (κ3) is 0.310. The fourth-order valence-electron chi connectivity index (χ4n) is 2.44. The van der Waals surface area contributed by atoms with Crippen molar-refractivity contribution in [1.29, 1.82) is 0 Å². The van der Waals surface area contributed by atoms with Gasteiger partial charge in [-0.05, 0) is 30.1 Å². The Balaban J connectivity index is 2.09. The minimum atomic E-state index is 0.889. The second-order valence-electron chi connectivity index (χ2n) is 3.66. The molecule has 2 aliphatic rings. The van der Waals surface area contributed by atoms with Gasteiger partial charge in [0.1, 0.15) is 0 Å². The first-order valence-corrected chi connectivity index (χ1v) is 3.77. The Hall–Kier alpha value is 0. The molecule has 0 aromatic rings. The quantitative estimate of drug-likeness (QED) is 0.449. The van der Waals surface area contributed by atoms with Gasteiger partial charge in [-0.25, -0.2) is 0 Å². The van der Waals surface area contributed by atoms with Crippen LogP contribution in [-0.2, 0) is 0 Å². The normalized spacial score (nSPS) is 48.8. The van der Waals surface area contributed by atoms with Gasteiger partial charge >= 0.3 is 0 Å². The second kappa shape index (κ2) is 1.12. The van der Waals surface area contributed by atoms with Gasteiger partial charge in [-0.1, -0.05) is 20.3 Å². The van der Waals surface area contributed by atoms with E-state index in [0.717, 1.165) is 17.3 Å². The minimum absolute atomic E-state index is 0.889. The molecule has 0 amide bonds. The minimum Gasteiger partial charge on any atom is -0.0617 e. The predicted molar refractivity (Wildman–Crippen MR) is 34.6 cm³/mol. The van der Waals surface area contributed by atoms with Crippen LogP contribution in [0.1, 0.15) is 33.1 Å². The zero-order chi connectivity index (χ0) is 5.78. The summed E-state index contributed by atoms with van der Waals surface area (Å²) in [5.74, 6) is 2.13. The van der Waals surface area contributed by atoms with Crippen LogP contribution in [0.2, 0.25) is 0 Å². The lowest BCUT2D eigenvalue weighted by Crippen LogP contribution is -2.15. The van der Waals surface area contributed by atoms with Gasteiger partial charge in [0.05, 0.1) is 0 Å². The predicted octanol–water partition coefficient (Wildman–Crippen LogP) is 2.44. The summed E-state index contributed by atoms with van der Waals surface area (Å²) in [5, 5.41) is 0. The molecule has 0 aliphatic heterocycles. The standard InChI is InChI=1S/C8H14/c1-6-7(2)8(6)4-3-5-8/h6-7H,3-5H2,1-2H3. The van der Waals surface area contributed by atoms with Gasteiger partial charge in [0, 0.05) is 0 Å². The van der Waals surface area contributed by atoms with Gasteiger partial charge in [0.25, 0.3) is 0 Å². The highest BCUT2D eigenvalue weighted by atomic mass is 14.7. The molecule has 0 bridgehead atoms. The molecule has 2 aliphatic carbocycles. The highest BCUT2D eigenvalue weighted by Crippen LogP contribution is 2.69. The Bertz CT molecular complexity index is 101. The SMILES string of the molecule is CC1C(C)C12CCC2. The van der Waals surface area contributed by atoms with E-state index in [0.29, 0.717) is 0 Å². The van der Waals surface area contributed by atoms with Crippen molar-refractivity contribution in [2.24, 2.45) is 17.3 Å². The van der Waals surface area contributed by atoms with Gasteiger partial charge in [0.2, 0.25) is 0 Å².